The minimum Gasteiger partial charge on any atom is -0.370 e. The Balaban J connectivity index is 2.13. The van der Waals surface area contributed by atoms with Gasteiger partial charge < -0.3 is 5.32 Å². The molecule has 2 heterocycles. The third kappa shape index (κ3) is 2.76. The molecule has 0 saturated carbocycles. The molecule has 2 aromatic heterocycles. The van der Waals surface area contributed by atoms with Gasteiger partial charge in [-0.25, -0.2) is 9.97 Å². The van der Waals surface area contributed by atoms with Crippen LogP contribution in [0.4, 0.5) is 5.82 Å². The Kier molecular flexibility index (Phi) is 3.64. The largest absolute Gasteiger partial charge is 0.370 e. The third-order valence-electron chi connectivity index (χ3n) is 3.20. The average Bonchev–Trinajstić information content (AvgIpc) is 2.94. The summed E-state index contributed by atoms with van der Waals surface area (Å²) in [6, 6.07) is 13.9. The molecule has 0 aliphatic rings. The molecule has 0 bridgehead atoms. The summed E-state index contributed by atoms with van der Waals surface area (Å²) in [6.07, 6.45) is 1.77. The van der Waals surface area contributed by atoms with E-state index < -0.39 is 0 Å². The first-order chi connectivity index (χ1) is 10.3. The van der Waals surface area contributed by atoms with Crippen LogP contribution in [-0.4, -0.2) is 26.3 Å². The summed E-state index contributed by atoms with van der Waals surface area (Å²) < 4.78 is 1.81. The number of nitrogens with one attached hydrogen (secondary N) is 1. The molecule has 1 aromatic carbocycles. The van der Waals surface area contributed by atoms with E-state index in [4.69, 9.17) is 0 Å². The van der Waals surface area contributed by atoms with E-state index >= 15 is 0 Å². The molecule has 1 N–H and O–H groups in total. The summed E-state index contributed by atoms with van der Waals surface area (Å²) >= 11 is 0. The molecule has 21 heavy (non-hydrogen) atoms. The number of hydrogen-bond acceptors (Lipinski definition) is 4. The zero-order valence-electron chi connectivity index (χ0n) is 12.1. The van der Waals surface area contributed by atoms with Gasteiger partial charge in [0.25, 0.3) is 0 Å². The second-order valence-corrected chi connectivity index (χ2v) is 4.70. The van der Waals surface area contributed by atoms with Crippen LogP contribution in [0.1, 0.15) is 6.92 Å². The van der Waals surface area contributed by atoms with E-state index in [0.717, 1.165) is 29.3 Å². The summed E-state index contributed by atoms with van der Waals surface area (Å²) in [4.78, 5) is 9.26. The van der Waals surface area contributed by atoms with E-state index in [1.807, 2.05) is 61.1 Å². The minimum absolute atomic E-state index is 0.713. The highest BCUT2D eigenvalue weighted by Crippen LogP contribution is 2.23. The van der Waals surface area contributed by atoms with Crippen LogP contribution in [0.5, 0.6) is 0 Å². The molecular weight excluding hydrogens is 262 g/mol. The predicted molar refractivity (Wildman–Crippen MR) is 83.8 cm³/mol. The van der Waals surface area contributed by atoms with Gasteiger partial charge in [-0.1, -0.05) is 30.3 Å². The van der Waals surface area contributed by atoms with Crippen LogP contribution < -0.4 is 5.32 Å². The van der Waals surface area contributed by atoms with Crippen LogP contribution in [0.15, 0.2) is 48.7 Å². The first-order valence-corrected chi connectivity index (χ1v) is 6.94. The molecule has 3 rings (SSSR count). The van der Waals surface area contributed by atoms with Crippen molar-refractivity contribution in [1.82, 2.24) is 19.7 Å². The molecule has 0 unspecified atom stereocenters. The van der Waals surface area contributed by atoms with Crippen molar-refractivity contribution in [3.05, 3.63) is 48.7 Å². The smallest absolute Gasteiger partial charge is 0.162 e. The van der Waals surface area contributed by atoms with Gasteiger partial charge in [-0.05, 0) is 13.0 Å². The lowest BCUT2D eigenvalue weighted by atomic mass is 10.2. The molecular formula is C16H17N5. The maximum Gasteiger partial charge on any atom is 0.162 e. The number of nitrogens with zero attached hydrogens (tertiary/aromatic N) is 4. The van der Waals surface area contributed by atoms with E-state index in [9.17, 15) is 0 Å². The number of benzene rings is 1. The topological polar surface area (TPSA) is 55.6 Å². The fourth-order valence-corrected chi connectivity index (χ4v) is 2.19. The first-order valence-electron chi connectivity index (χ1n) is 6.94. The van der Waals surface area contributed by atoms with Gasteiger partial charge in [0.2, 0.25) is 0 Å². The van der Waals surface area contributed by atoms with Crippen LogP contribution in [0.25, 0.3) is 22.8 Å². The van der Waals surface area contributed by atoms with Gasteiger partial charge in [0, 0.05) is 31.4 Å². The number of anilines is 1. The second-order valence-electron chi connectivity index (χ2n) is 4.70. The van der Waals surface area contributed by atoms with E-state index in [-0.39, 0.29) is 0 Å². The fraction of sp³-hybridized carbons (Fsp3) is 0.188. The maximum absolute atomic E-state index is 4.68. The number of hydrogen-bond donors (Lipinski definition) is 1. The number of aryl methyl sites for hydroxylation is 1. The second kappa shape index (κ2) is 5.75. The summed E-state index contributed by atoms with van der Waals surface area (Å²) in [5, 5.41) is 7.47. The minimum atomic E-state index is 0.713. The highest BCUT2D eigenvalue weighted by molar-refractivity contribution is 5.65. The molecule has 0 fully saturated rings. The molecule has 0 spiro atoms. The number of rotatable bonds is 4. The van der Waals surface area contributed by atoms with E-state index in [2.05, 4.69) is 20.4 Å². The molecule has 0 amide bonds. The average molecular weight is 279 g/mol. The van der Waals surface area contributed by atoms with Crippen molar-refractivity contribution in [2.75, 3.05) is 11.9 Å². The molecule has 3 aromatic rings. The van der Waals surface area contributed by atoms with Crippen LogP contribution in [0.3, 0.4) is 0 Å². The molecule has 5 nitrogen and oxygen atoms in total. The van der Waals surface area contributed by atoms with E-state index in [1.54, 1.807) is 6.20 Å². The van der Waals surface area contributed by atoms with Crippen LogP contribution in [-0.2, 0) is 7.05 Å². The quantitative estimate of drug-likeness (QED) is 0.797. The van der Waals surface area contributed by atoms with Crippen molar-refractivity contribution in [3.8, 4) is 22.8 Å². The zero-order chi connectivity index (χ0) is 14.7. The van der Waals surface area contributed by atoms with Crippen molar-refractivity contribution in [1.29, 1.82) is 0 Å². The normalized spacial score (nSPS) is 10.6. The Morgan fingerprint density at radius 1 is 1.10 bits per heavy atom. The Morgan fingerprint density at radius 2 is 1.90 bits per heavy atom. The van der Waals surface area contributed by atoms with Gasteiger partial charge in [-0.15, -0.1) is 0 Å². The molecule has 5 heteroatoms. The zero-order valence-corrected chi connectivity index (χ0v) is 12.1. The Morgan fingerprint density at radius 3 is 2.57 bits per heavy atom. The summed E-state index contributed by atoms with van der Waals surface area (Å²) in [5.41, 5.74) is 2.83. The van der Waals surface area contributed by atoms with Crippen LogP contribution in [0, 0.1) is 0 Å². The standard InChI is InChI=1S/C16H17N5/c1-3-17-15-11-13(14-9-10-18-21(14)2)19-16(20-15)12-7-5-4-6-8-12/h4-11H,3H2,1-2H3,(H,17,19,20). The monoisotopic (exact) mass is 279 g/mol. The Hall–Kier alpha value is -2.69. The van der Waals surface area contributed by atoms with Gasteiger partial charge >= 0.3 is 0 Å². The first kappa shape index (κ1) is 13.3. The van der Waals surface area contributed by atoms with Gasteiger partial charge in [0.15, 0.2) is 5.82 Å². The Bertz CT molecular complexity index is 733. The fourth-order valence-electron chi connectivity index (χ4n) is 2.19. The highest BCUT2D eigenvalue weighted by atomic mass is 15.3. The summed E-state index contributed by atoms with van der Waals surface area (Å²) in [7, 11) is 1.91. The van der Waals surface area contributed by atoms with E-state index in [1.165, 1.54) is 0 Å². The molecule has 0 aliphatic carbocycles. The van der Waals surface area contributed by atoms with Crippen LogP contribution in [0.2, 0.25) is 0 Å². The summed E-state index contributed by atoms with van der Waals surface area (Å²) in [6.45, 7) is 2.87. The molecule has 106 valence electrons. The van der Waals surface area contributed by atoms with Gasteiger partial charge in [-0.3, -0.25) is 4.68 Å². The van der Waals surface area contributed by atoms with Crippen LogP contribution >= 0.6 is 0 Å². The lowest BCUT2D eigenvalue weighted by Crippen LogP contribution is -2.04. The SMILES string of the molecule is CCNc1cc(-c2ccnn2C)nc(-c2ccccc2)n1. The maximum atomic E-state index is 4.68. The van der Waals surface area contributed by atoms with Crippen molar-refractivity contribution in [2.45, 2.75) is 6.92 Å². The van der Waals surface area contributed by atoms with Crippen molar-refractivity contribution < 1.29 is 0 Å². The lowest BCUT2D eigenvalue weighted by molar-refractivity contribution is 0.773. The lowest BCUT2D eigenvalue weighted by Gasteiger charge is -2.09. The van der Waals surface area contributed by atoms with Gasteiger partial charge in [0.1, 0.15) is 5.82 Å². The molecule has 0 aliphatic heterocycles. The van der Waals surface area contributed by atoms with Crippen molar-refractivity contribution in [2.24, 2.45) is 7.05 Å². The van der Waals surface area contributed by atoms with Gasteiger partial charge in [-0.2, -0.15) is 5.10 Å². The third-order valence-corrected chi connectivity index (χ3v) is 3.20. The predicted octanol–water partition coefficient (Wildman–Crippen LogP) is 2.98. The molecule has 0 atom stereocenters. The van der Waals surface area contributed by atoms with E-state index in [0.29, 0.717) is 5.82 Å². The molecule has 0 radical (unpaired) electrons. The number of aromatic nitrogens is 4. The highest BCUT2D eigenvalue weighted by Gasteiger charge is 2.10. The summed E-state index contributed by atoms with van der Waals surface area (Å²) in [5.74, 6) is 1.54. The van der Waals surface area contributed by atoms with Gasteiger partial charge in [0.05, 0.1) is 11.4 Å². The molecule has 0 saturated heterocycles. The Labute approximate surface area is 123 Å². The van der Waals surface area contributed by atoms with Crippen molar-refractivity contribution >= 4 is 5.82 Å². The van der Waals surface area contributed by atoms with Crippen molar-refractivity contribution in [3.63, 3.8) is 0 Å².